The van der Waals surface area contributed by atoms with E-state index in [-0.39, 0.29) is 5.69 Å². The molecule has 6 heteroatoms. The normalized spacial score (nSPS) is 18.3. The SMILES string of the molecule is C[C@@H]1CCCN(Cc2ccc(Nc3ccc([N+](=O)[O-])cn3)cc2)C1. The van der Waals surface area contributed by atoms with E-state index in [0.717, 1.165) is 18.2 Å². The Balaban J connectivity index is 1.58. The molecule has 2 heterocycles. The molecule has 1 aliphatic heterocycles. The van der Waals surface area contributed by atoms with Gasteiger partial charge >= 0.3 is 0 Å². The minimum atomic E-state index is -0.451. The van der Waals surface area contributed by atoms with Crippen molar-refractivity contribution in [2.45, 2.75) is 26.3 Å². The maximum Gasteiger partial charge on any atom is 0.287 e. The van der Waals surface area contributed by atoms with Crippen LogP contribution in [-0.2, 0) is 6.54 Å². The van der Waals surface area contributed by atoms with E-state index in [4.69, 9.17) is 0 Å². The molecule has 0 amide bonds. The Labute approximate surface area is 141 Å². The number of hydrogen-bond acceptors (Lipinski definition) is 5. The van der Waals surface area contributed by atoms with Gasteiger partial charge in [0.1, 0.15) is 12.0 Å². The number of rotatable bonds is 5. The summed E-state index contributed by atoms with van der Waals surface area (Å²) in [6.07, 6.45) is 3.88. The maximum atomic E-state index is 10.6. The van der Waals surface area contributed by atoms with E-state index in [1.807, 2.05) is 12.1 Å². The van der Waals surface area contributed by atoms with Crippen LogP contribution in [0.3, 0.4) is 0 Å². The van der Waals surface area contributed by atoms with Gasteiger partial charge in [-0.3, -0.25) is 15.0 Å². The van der Waals surface area contributed by atoms with Gasteiger partial charge < -0.3 is 5.32 Å². The minimum absolute atomic E-state index is 0.00772. The summed E-state index contributed by atoms with van der Waals surface area (Å²) in [6.45, 7) is 5.65. The van der Waals surface area contributed by atoms with Crippen LogP contribution in [0, 0.1) is 16.0 Å². The summed E-state index contributed by atoms with van der Waals surface area (Å²) in [5.41, 5.74) is 2.21. The van der Waals surface area contributed by atoms with Crippen LogP contribution < -0.4 is 5.32 Å². The van der Waals surface area contributed by atoms with Gasteiger partial charge in [0.05, 0.1) is 4.92 Å². The second-order valence-electron chi connectivity index (χ2n) is 6.46. The van der Waals surface area contributed by atoms with Crippen LogP contribution in [0.25, 0.3) is 0 Å². The summed E-state index contributed by atoms with van der Waals surface area (Å²) in [7, 11) is 0. The third-order valence-electron chi connectivity index (χ3n) is 4.33. The summed E-state index contributed by atoms with van der Waals surface area (Å²) in [5, 5.41) is 13.8. The molecule has 1 fully saturated rings. The number of likely N-dealkylation sites (tertiary alicyclic amines) is 1. The number of aromatic nitrogens is 1. The lowest BCUT2D eigenvalue weighted by Gasteiger charge is -2.30. The molecule has 1 saturated heterocycles. The topological polar surface area (TPSA) is 71.3 Å². The maximum absolute atomic E-state index is 10.6. The lowest BCUT2D eigenvalue weighted by molar-refractivity contribution is -0.385. The van der Waals surface area contributed by atoms with Crippen LogP contribution in [0.1, 0.15) is 25.3 Å². The number of benzene rings is 1. The fourth-order valence-corrected chi connectivity index (χ4v) is 3.10. The Morgan fingerprint density at radius 2 is 2.08 bits per heavy atom. The van der Waals surface area contributed by atoms with Gasteiger partial charge in [-0.05, 0) is 49.1 Å². The van der Waals surface area contributed by atoms with Gasteiger partial charge in [0.25, 0.3) is 5.69 Å². The van der Waals surface area contributed by atoms with Gasteiger partial charge in [0.15, 0.2) is 0 Å². The van der Waals surface area contributed by atoms with E-state index in [1.54, 1.807) is 6.07 Å². The van der Waals surface area contributed by atoms with E-state index in [9.17, 15) is 10.1 Å². The molecule has 0 saturated carbocycles. The molecule has 0 radical (unpaired) electrons. The molecule has 1 aromatic carbocycles. The van der Waals surface area contributed by atoms with Crippen molar-refractivity contribution in [2.24, 2.45) is 5.92 Å². The van der Waals surface area contributed by atoms with E-state index in [0.29, 0.717) is 5.82 Å². The van der Waals surface area contributed by atoms with Gasteiger partial charge in [-0.1, -0.05) is 19.1 Å². The molecule has 1 aromatic heterocycles. The first-order valence-electron chi connectivity index (χ1n) is 8.29. The summed E-state index contributed by atoms with van der Waals surface area (Å²) < 4.78 is 0. The first-order chi connectivity index (χ1) is 11.6. The molecular formula is C18H22N4O2. The molecule has 1 atom stereocenters. The van der Waals surface area contributed by atoms with E-state index in [1.165, 1.54) is 43.8 Å². The predicted octanol–water partition coefficient (Wildman–Crippen LogP) is 3.97. The number of nitrogens with zero attached hydrogens (tertiary/aromatic N) is 3. The van der Waals surface area contributed by atoms with E-state index >= 15 is 0 Å². The highest BCUT2D eigenvalue weighted by Crippen LogP contribution is 2.20. The van der Waals surface area contributed by atoms with Crippen LogP contribution >= 0.6 is 0 Å². The molecule has 3 rings (SSSR count). The average molecular weight is 326 g/mol. The zero-order chi connectivity index (χ0) is 16.9. The van der Waals surface area contributed by atoms with E-state index < -0.39 is 4.92 Å². The highest BCUT2D eigenvalue weighted by atomic mass is 16.6. The number of hydrogen-bond donors (Lipinski definition) is 1. The molecular weight excluding hydrogens is 304 g/mol. The number of anilines is 2. The van der Waals surface area contributed by atoms with Gasteiger partial charge in [-0.15, -0.1) is 0 Å². The van der Waals surface area contributed by atoms with Crippen LogP contribution in [0.5, 0.6) is 0 Å². The standard InChI is InChI=1S/C18H22N4O2/c1-14-3-2-10-21(12-14)13-15-4-6-16(7-5-15)20-18-9-8-17(11-19-18)22(23)24/h4-9,11,14H,2-3,10,12-13H2,1H3,(H,19,20)/t14-/m1/s1. The molecule has 0 unspecified atom stereocenters. The fraction of sp³-hybridized carbons (Fsp3) is 0.389. The zero-order valence-corrected chi connectivity index (χ0v) is 13.8. The molecule has 24 heavy (non-hydrogen) atoms. The Kier molecular flexibility index (Phi) is 5.05. The Hall–Kier alpha value is -2.47. The number of pyridine rings is 1. The molecule has 1 aliphatic rings. The molecule has 6 nitrogen and oxygen atoms in total. The third-order valence-corrected chi connectivity index (χ3v) is 4.33. The molecule has 0 aliphatic carbocycles. The summed E-state index contributed by atoms with van der Waals surface area (Å²) in [4.78, 5) is 16.7. The summed E-state index contributed by atoms with van der Waals surface area (Å²) >= 11 is 0. The van der Waals surface area contributed by atoms with Crippen molar-refractivity contribution in [1.29, 1.82) is 0 Å². The highest BCUT2D eigenvalue weighted by Gasteiger charge is 2.16. The first-order valence-corrected chi connectivity index (χ1v) is 8.29. The Bertz CT molecular complexity index is 685. The summed E-state index contributed by atoms with van der Waals surface area (Å²) in [6, 6.07) is 11.3. The lowest BCUT2D eigenvalue weighted by atomic mass is 10.00. The molecule has 2 aromatic rings. The minimum Gasteiger partial charge on any atom is -0.340 e. The molecule has 0 spiro atoms. The largest absolute Gasteiger partial charge is 0.340 e. The molecule has 126 valence electrons. The lowest BCUT2D eigenvalue weighted by Crippen LogP contribution is -2.33. The molecule has 1 N–H and O–H groups in total. The zero-order valence-electron chi connectivity index (χ0n) is 13.8. The Morgan fingerprint density at radius 1 is 1.29 bits per heavy atom. The van der Waals surface area contributed by atoms with Crippen LogP contribution in [0.4, 0.5) is 17.2 Å². The van der Waals surface area contributed by atoms with Crippen LogP contribution in [0.15, 0.2) is 42.6 Å². The highest BCUT2D eigenvalue weighted by molar-refractivity contribution is 5.57. The third kappa shape index (κ3) is 4.29. The second-order valence-corrected chi connectivity index (χ2v) is 6.46. The van der Waals surface area contributed by atoms with Gasteiger partial charge in [-0.2, -0.15) is 0 Å². The number of nitrogens with one attached hydrogen (secondary N) is 1. The van der Waals surface area contributed by atoms with Crippen molar-refractivity contribution < 1.29 is 4.92 Å². The number of piperidine rings is 1. The van der Waals surface area contributed by atoms with Crippen molar-refractivity contribution >= 4 is 17.2 Å². The smallest absolute Gasteiger partial charge is 0.287 e. The quantitative estimate of drug-likeness (QED) is 0.665. The average Bonchev–Trinajstić information content (AvgIpc) is 2.57. The van der Waals surface area contributed by atoms with Crippen molar-refractivity contribution in [3.8, 4) is 0 Å². The summed E-state index contributed by atoms with van der Waals surface area (Å²) in [5.74, 6) is 1.38. The number of nitro groups is 1. The van der Waals surface area contributed by atoms with Crippen LogP contribution in [-0.4, -0.2) is 27.9 Å². The van der Waals surface area contributed by atoms with Gasteiger partial charge in [0.2, 0.25) is 0 Å². The molecule has 0 bridgehead atoms. The fourth-order valence-electron chi connectivity index (χ4n) is 3.10. The van der Waals surface area contributed by atoms with E-state index in [2.05, 4.69) is 34.3 Å². The van der Waals surface area contributed by atoms with Crippen molar-refractivity contribution in [3.05, 3.63) is 58.3 Å². The Morgan fingerprint density at radius 3 is 2.71 bits per heavy atom. The van der Waals surface area contributed by atoms with Gasteiger partial charge in [0, 0.05) is 24.8 Å². The monoisotopic (exact) mass is 326 g/mol. The van der Waals surface area contributed by atoms with Crippen molar-refractivity contribution in [2.75, 3.05) is 18.4 Å². The van der Waals surface area contributed by atoms with Gasteiger partial charge in [-0.25, -0.2) is 4.98 Å². The van der Waals surface area contributed by atoms with Crippen LogP contribution in [0.2, 0.25) is 0 Å². The first kappa shape index (κ1) is 16.4. The van der Waals surface area contributed by atoms with Crippen molar-refractivity contribution in [1.82, 2.24) is 9.88 Å². The van der Waals surface area contributed by atoms with Crippen molar-refractivity contribution in [3.63, 3.8) is 0 Å². The second kappa shape index (κ2) is 7.40. The predicted molar refractivity (Wildman–Crippen MR) is 94.3 cm³/mol.